The highest BCUT2D eigenvalue weighted by atomic mass is 16.6. The summed E-state index contributed by atoms with van der Waals surface area (Å²) in [5.74, 6) is 0.125. The van der Waals surface area contributed by atoms with Gasteiger partial charge in [0, 0.05) is 6.42 Å². The van der Waals surface area contributed by atoms with Crippen molar-refractivity contribution in [1.29, 1.82) is 0 Å². The fourth-order valence-corrected chi connectivity index (χ4v) is 1.63. The number of amides is 1. The van der Waals surface area contributed by atoms with Gasteiger partial charge in [-0.1, -0.05) is 6.92 Å². The monoisotopic (exact) mass is 281 g/mol. The molecule has 0 aromatic heterocycles. The van der Waals surface area contributed by atoms with Crippen molar-refractivity contribution in [3.05, 3.63) is 28.3 Å². The lowest BCUT2D eigenvalue weighted by atomic mass is 10.1. The van der Waals surface area contributed by atoms with E-state index in [2.05, 4.69) is 5.32 Å². The molecule has 7 nitrogen and oxygen atoms in total. The first-order valence-corrected chi connectivity index (χ1v) is 6.39. The molecule has 1 rings (SSSR count). The van der Waals surface area contributed by atoms with Gasteiger partial charge in [0.05, 0.1) is 17.6 Å². The third kappa shape index (κ3) is 4.51. The first-order chi connectivity index (χ1) is 9.47. The topological polar surface area (TPSA) is 107 Å². The van der Waals surface area contributed by atoms with Crippen LogP contribution in [0, 0.1) is 16.0 Å². The van der Waals surface area contributed by atoms with Gasteiger partial charge < -0.3 is 15.8 Å². The number of carbonyl (C=O) groups excluding carboxylic acids is 1. The molecule has 0 heterocycles. The second-order valence-electron chi connectivity index (χ2n) is 4.46. The second-order valence-corrected chi connectivity index (χ2v) is 4.46. The molecule has 0 bridgehead atoms. The number of hydrogen-bond donors (Lipinski definition) is 2. The molecule has 0 fully saturated rings. The van der Waals surface area contributed by atoms with Gasteiger partial charge >= 0.3 is 0 Å². The average molecular weight is 281 g/mol. The van der Waals surface area contributed by atoms with Gasteiger partial charge in [0.15, 0.2) is 0 Å². The molecule has 1 atom stereocenters. The minimum atomic E-state index is -0.551. The van der Waals surface area contributed by atoms with Gasteiger partial charge in [-0.2, -0.15) is 0 Å². The lowest BCUT2D eigenvalue weighted by Gasteiger charge is -2.10. The third-order valence-corrected chi connectivity index (χ3v) is 2.69. The summed E-state index contributed by atoms with van der Waals surface area (Å²) in [4.78, 5) is 22.2. The molecule has 0 saturated carbocycles. The minimum absolute atomic E-state index is 0.0248. The summed E-state index contributed by atoms with van der Waals surface area (Å²) in [6.07, 6.45) is 0.223. The molecule has 0 aliphatic carbocycles. The summed E-state index contributed by atoms with van der Waals surface area (Å²) in [6, 6.07) is 4.35. The van der Waals surface area contributed by atoms with Crippen molar-refractivity contribution in [2.75, 3.05) is 18.5 Å². The van der Waals surface area contributed by atoms with Gasteiger partial charge in [-0.05, 0) is 31.5 Å². The third-order valence-electron chi connectivity index (χ3n) is 2.69. The number of nitro groups is 1. The van der Waals surface area contributed by atoms with Crippen molar-refractivity contribution in [2.45, 2.75) is 20.3 Å². The fraction of sp³-hybridized carbons (Fsp3) is 0.462. The predicted molar refractivity (Wildman–Crippen MR) is 75.7 cm³/mol. The second kappa shape index (κ2) is 7.44. The normalized spacial score (nSPS) is 11.8. The zero-order valence-corrected chi connectivity index (χ0v) is 11.6. The van der Waals surface area contributed by atoms with E-state index in [4.69, 9.17) is 10.5 Å². The van der Waals surface area contributed by atoms with Gasteiger partial charge in [-0.15, -0.1) is 0 Å². The smallest absolute Gasteiger partial charge is 0.296 e. The van der Waals surface area contributed by atoms with Crippen LogP contribution in [-0.2, 0) is 4.79 Å². The Bertz CT molecular complexity index is 491. The van der Waals surface area contributed by atoms with E-state index >= 15 is 0 Å². The Hall–Kier alpha value is -2.15. The number of rotatable bonds is 7. The van der Waals surface area contributed by atoms with E-state index in [9.17, 15) is 14.9 Å². The Morgan fingerprint density at radius 2 is 2.25 bits per heavy atom. The molecule has 0 radical (unpaired) electrons. The summed E-state index contributed by atoms with van der Waals surface area (Å²) < 4.78 is 5.20. The van der Waals surface area contributed by atoms with E-state index in [1.54, 1.807) is 13.0 Å². The highest BCUT2D eigenvalue weighted by Gasteiger charge is 2.18. The number of ether oxygens (including phenoxy) is 1. The Labute approximate surface area is 117 Å². The van der Waals surface area contributed by atoms with Crippen LogP contribution in [0.2, 0.25) is 0 Å². The highest BCUT2D eigenvalue weighted by molar-refractivity contribution is 5.93. The molecule has 110 valence electrons. The van der Waals surface area contributed by atoms with Crippen molar-refractivity contribution >= 4 is 17.3 Å². The molecule has 0 saturated heterocycles. The van der Waals surface area contributed by atoms with Gasteiger partial charge in [-0.3, -0.25) is 14.9 Å². The fourth-order valence-electron chi connectivity index (χ4n) is 1.63. The molecular formula is C13H19N3O4. The summed E-state index contributed by atoms with van der Waals surface area (Å²) in [5.41, 5.74) is 5.41. The van der Waals surface area contributed by atoms with Crippen molar-refractivity contribution in [3.63, 3.8) is 0 Å². The van der Waals surface area contributed by atoms with Gasteiger partial charge in [0.1, 0.15) is 11.4 Å². The Balaban J connectivity index is 2.88. The maximum Gasteiger partial charge on any atom is 0.296 e. The van der Waals surface area contributed by atoms with Gasteiger partial charge in [-0.25, -0.2) is 0 Å². The molecule has 0 aliphatic heterocycles. The number of hydrogen-bond acceptors (Lipinski definition) is 5. The lowest BCUT2D eigenvalue weighted by molar-refractivity contribution is -0.384. The van der Waals surface area contributed by atoms with Crippen LogP contribution in [0.15, 0.2) is 18.2 Å². The standard InChI is InChI=1S/C13H19N3O4/c1-3-20-10-4-5-11(12(7-10)16(18)19)15-13(17)6-9(2)8-14/h4-5,7,9H,3,6,8,14H2,1-2H3,(H,15,17). The first-order valence-electron chi connectivity index (χ1n) is 6.39. The first kappa shape index (κ1) is 15.9. The van der Waals surface area contributed by atoms with Gasteiger partial charge in [0.25, 0.3) is 5.69 Å². The van der Waals surface area contributed by atoms with Crippen LogP contribution in [-0.4, -0.2) is 24.0 Å². The van der Waals surface area contributed by atoms with Crippen LogP contribution in [0.4, 0.5) is 11.4 Å². The van der Waals surface area contributed by atoms with Crippen molar-refractivity contribution < 1.29 is 14.5 Å². The number of anilines is 1. The molecule has 0 aliphatic rings. The van der Waals surface area contributed by atoms with Crippen molar-refractivity contribution in [1.82, 2.24) is 0 Å². The molecule has 1 amide bonds. The van der Waals surface area contributed by atoms with E-state index in [0.717, 1.165) is 0 Å². The largest absolute Gasteiger partial charge is 0.494 e. The molecule has 3 N–H and O–H groups in total. The number of nitrogens with one attached hydrogen (secondary N) is 1. The van der Waals surface area contributed by atoms with E-state index in [1.807, 2.05) is 6.92 Å². The number of nitro benzene ring substituents is 1. The zero-order valence-electron chi connectivity index (χ0n) is 11.6. The van der Waals surface area contributed by atoms with E-state index in [-0.39, 0.29) is 29.6 Å². The Morgan fingerprint density at radius 1 is 1.55 bits per heavy atom. The number of benzene rings is 1. The molecule has 1 aromatic rings. The van der Waals surface area contributed by atoms with Crippen LogP contribution in [0.1, 0.15) is 20.3 Å². The molecule has 0 spiro atoms. The van der Waals surface area contributed by atoms with Crippen LogP contribution >= 0.6 is 0 Å². The van der Waals surface area contributed by atoms with Crippen LogP contribution in [0.3, 0.4) is 0 Å². The van der Waals surface area contributed by atoms with Crippen LogP contribution < -0.4 is 15.8 Å². The Kier molecular flexibility index (Phi) is 5.92. The molecular weight excluding hydrogens is 262 g/mol. The number of nitrogens with two attached hydrogens (primary N) is 1. The summed E-state index contributed by atoms with van der Waals surface area (Å²) in [6.45, 7) is 4.43. The van der Waals surface area contributed by atoms with E-state index in [1.165, 1.54) is 12.1 Å². The van der Waals surface area contributed by atoms with Gasteiger partial charge in [0.2, 0.25) is 5.91 Å². The van der Waals surface area contributed by atoms with Crippen molar-refractivity contribution in [3.8, 4) is 5.75 Å². The maximum atomic E-state index is 11.7. The quantitative estimate of drug-likeness (QED) is 0.586. The minimum Gasteiger partial charge on any atom is -0.494 e. The van der Waals surface area contributed by atoms with E-state index in [0.29, 0.717) is 18.9 Å². The van der Waals surface area contributed by atoms with Crippen molar-refractivity contribution in [2.24, 2.45) is 11.7 Å². The Morgan fingerprint density at radius 3 is 2.80 bits per heavy atom. The molecule has 1 aromatic carbocycles. The molecule has 20 heavy (non-hydrogen) atoms. The highest BCUT2D eigenvalue weighted by Crippen LogP contribution is 2.29. The van der Waals surface area contributed by atoms with E-state index < -0.39 is 4.92 Å². The number of carbonyl (C=O) groups is 1. The maximum absolute atomic E-state index is 11.7. The summed E-state index contributed by atoms with van der Waals surface area (Å²) in [7, 11) is 0. The predicted octanol–water partition coefficient (Wildman–Crippen LogP) is 1.92. The zero-order chi connectivity index (χ0) is 15.1. The average Bonchev–Trinajstić information content (AvgIpc) is 2.40. The summed E-state index contributed by atoms with van der Waals surface area (Å²) >= 11 is 0. The SMILES string of the molecule is CCOc1ccc(NC(=O)CC(C)CN)c([N+](=O)[O-])c1. The molecule has 7 heteroatoms. The number of nitrogens with zero attached hydrogens (tertiary/aromatic N) is 1. The summed E-state index contributed by atoms with van der Waals surface area (Å²) in [5, 5.41) is 13.6. The lowest BCUT2D eigenvalue weighted by Crippen LogP contribution is -2.20. The van der Waals surface area contributed by atoms with Crippen LogP contribution in [0.5, 0.6) is 5.75 Å². The van der Waals surface area contributed by atoms with Crippen LogP contribution in [0.25, 0.3) is 0 Å². The molecule has 1 unspecified atom stereocenters.